The number of methoxy groups -OCH3 is 1. The molecular weight excluding hydrogens is 473 g/mol. The molecule has 6 nitrogen and oxygen atoms in total. The molecule has 1 heterocycles. The van der Waals surface area contributed by atoms with E-state index in [2.05, 4.69) is 24.4 Å². The highest BCUT2D eigenvalue weighted by atomic mass is 35.5. The Hall–Kier alpha value is -2.51. The van der Waals surface area contributed by atoms with E-state index in [0.717, 1.165) is 37.2 Å². The molecule has 0 saturated heterocycles. The molecule has 1 unspecified atom stereocenters. The molecule has 188 valence electrons. The number of anilines is 1. The van der Waals surface area contributed by atoms with Gasteiger partial charge in [0.2, 0.25) is 6.79 Å². The van der Waals surface area contributed by atoms with E-state index in [0.29, 0.717) is 24.4 Å². The molecule has 1 aliphatic heterocycles. The van der Waals surface area contributed by atoms with E-state index in [-0.39, 0.29) is 35.7 Å². The van der Waals surface area contributed by atoms with E-state index in [1.807, 2.05) is 0 Å². The average molecular weight is 504 g/mol. The number of carbonyl (C=O) groups excluding carboxylic acids is 1. The largest absolute Gasteiger partial charge is 0.467 e. The molecule has 1 saturated carbocycles. The van der Waals surface area contributed by atoms with Gasteiger partial charge >= 0.3 is 5.97 Å². The maximum atomic E-state index is 13.7. The molecule has 1 spiro atoms. The summed E-state index contributed by atoms with van der Waals surface area (Å²) in [6.45, 7) is 2.45. The van der Waals surface area contributed by atoms with Gasteiger partial charge in [0.1, 0.15) is 11.4 Å². The van der Waals surface area contributed by atoms with Gasteiger partial charge in [0.05, 0.1) is 12.1 Å². The molecule has 2 aliphatic carbocycles. The van der Waals surface area contributed by atoms with Crippen LogP contribution in [-0.4, -0.2) is 37.1 Å². The van der Waals surface area contributed by atoms with Crippen LogP contribution in [0.1, 0.15) is 50.2 Å². The number of benzene rings is 2. The minimum atomic E-state index is -0.937. The topological polar surface area (TPSA) is 77.0 Å². The number of esters is 1. The zero-order valence-electron chi connectivity index (χ0n) is 20.0. The van der Waals surface area contributed by atoms with Gasteiger partial charge in [-0.2, -0.15) is 0 Å². The molecule has 8 heteroatoms. The van der Waals surface area contributed by atoms with Crippen molar-refractivity contribution < 1.29 is 28.5 Å². The first-order chi connectivity index (χ1) is 16.8. The van der Waals surface area contributed by atoms with Crippen molar-refractivity contribution in [3.63, 3.8) is 0 Å². The Morgan fingerprint density at radius 1 is 1.23 bits per heavy atom. The fourth-order valence-corrected chi connectivity index (χ4v) is 6.57. The Labute approximate surface area is 209 Å². The lowest BCUT2D eigenvalue weighted by Crippen LogP contribution is -2.53. The molecular formula is C27H31ClFNO5. The van der Waals surface area contributed by atoms with E-state index < -0.39 is 11.4 Å². The molecule has 2 atom stereocenters. The van der Waals surface area contributed by atoms with Crippen LogP contribution in [0.5, 0.6) is 11.5 Å². The number of halogens is 2. The van der Waals surface area contributed by atoms with Gasteiger partial charge < -0.3 is 24.6 Å². The van der Waals surface area contributed by atoms with Crippen LogP contribution < -0.4 is 14.8 Å². The standard InChI is InChI=1S/C27H31ClFNO5/c1-16(14-31)9-18-10-17-11-23-24(35-15-34-23)13-20(17)26(18)5-7-27(8-6-26,25(32)33-2)30-19-3-4-22(29)21(28)12-19/h3-4,11-13,16,18,30-31H,5-10,14-15H2,1-2H3/t16-,18?,26?,27?/m1/s1. The van der Waals surface area contributed by atoms with Crippen molar-refractivity contribution >= 4 is 23.3 Å². The van der Waals surface area contributed by atoms with Gasteiger partial charge in [-0.1, -0.05) is 18.5 Å². The Morgan fingerprint density at radius 3 is 2.60 bits per heavy atom. The lowest BCUT2D eigenvalue weighted by molar-refractivity contribution is -0.148. The van der Waals surface area contributed by atoms with Crippen LogP contribution in [0.2, 0.25) is 5.02 Å². The second-order valence-corrected chi connectivity index (χ2v) is 10.7. The summed E-state index contributed by atoms with van der Waals surface area (Å²) in [5.74, 6) is 1.22. The number of hydrogen-bond acceptors (Lipinski definition) is 6. The summed E-state index contributed by atoms with van der Waals surface area (Å²) < 4.78 is 30.3. The van der Waals surface area contributed by atoms with Crippen LogP contribution >= 0.6 is 11.6 Å². The van der Waals surface area contributed by atoms with Crippen molar-refractivity contribution in [2.24, 2.45) is 11.8 Å². The summed E-state index contributed by atoms with van der Waals surface area (Å²) in [5, 5.41) is 13.1. The average Bonchev–Trinajstić information content (AvgIpc) is 3.43. The molecule has 0 aromatic heterocycles. The number of aliphatic hydroxyl groups is 1. The van der Waals surface area contributed by atoms with E-state index in [4.69, 9.17) is 25.8 Å². The Morgan fingerprint density at radius 2 is 1.94 bits per heavy atom. The van der Waals surface area contributed by atoms with E-state index in [9.17, 15) is 14.3 Å². The number of fused-ring (bicyclic) bond motifs is 3. The highest BCUT2D eigenvalue weighted by molar-refractivity contribution is 6.31. The maximum Gasteiger partial charge on any atom is 0.331 e. The normalized spacial score (nSPS) is 27.5. The predicted molar refractivity (Wildman–Crippen MR) is 131 cm³/mol. The number of aliphatic hydroxyl groups excluding tert-OH is 1. The third kappa shape index (κ3) is 4.12. The zero-order valence-corrected chi connectivity index (χ0v) is 20.8. The van der Waals surface area contributed by atoms with Gasteiger partial charge in [0.25, 0.3) is 0 Å². The maximum absolute atomic E-state index is 13.7. The molecule has 2 aromatic carbocycles. The fraction of sp³-hybridized carbons (Fsp3) is 0.519. The van der Waals surface area contributed by atoms with Crippen molar-refractivity contribution in [2.75, 3.05) is 25.8 Å². The number of rotatable bonds is 6. The number of ether oxygens (including phenoxy) is 3. The number of carbonyl (C=O) groups is 1. The lowest BCUT2D eigenvalue weighted by Gasteiger charge is -2.47. The SMILES string of the molecule is COC(=O)C1(Nc2ccc(F)c(Cl)c2)CCC2(CC1)c1cc3c(cc1CC2C[C@@H](C)CO)OCO3. The van der Waals surface area contributed by atoms with Crippen LogP contribution in [0.15, 0.2) is 30.3 Å². The van der Waals surface area contributed by atoms with Crippen LogP contribution in [0.25, 0.3) is 0 Å². The third-order valence-corrected chi connectivity index (χ3v) is 8.55. The summed E-state index contributed by atoms with van der Waals surface area (Å²) in [4.78, 5) is 13.1. The molecule has 0 amide bonds. The van der Waals surface area contributed by atoms with Crippen LogP contribution in [-0.2, 0) is 21.4 Å². The minimum Gasteiger partial charge on any atom is -0.467 e. The molecule has 2 N–H and O–H groups in total. The van der Waals surface area contributed by atoms with Gasteiger partial charge in [-0.25, -0.2) is 9.18 Å². The van der Waals surface area contributed by atoms with E-state index >= 15 is 0 Å². The van der Waals surface area contributed by atoms with E-state index in [1.165, 1.54) is 30.4 Å². The predicted octanol–water partition coefficient (Wildman–Crippen LogP) is 5.23. The Kier molecular flexibility index (Phi) is 6.34. The van der Waals surface area contributed by atoms with Gasteiger partial charge in [0, 0.05) is 12.3 Å². The van der Waals surface area contributed by atoms with Crippen molar-refractivity contribution in [3.05, 3.63) is 52.3 Å². The summed E-state index contributed by atoms with van der Waals surface area (Å²) in [5.41, 5.74) is 2.03. The van der Waals surface area contributed by atoms with Gasteiger partial charge in [-0.15, -0.1) is 0 Å². The smallest absolute Gasteiger partial charge is 0.331 e. The molecule has 1 fully saturated rings. The van der Waals surface area contributed by atoms with Crippen molar-refractivity contribution in [1.82, 2.24) is 0 Å². The van der Waals surface area contributed by atoms with Crippen molar-refractivity contribution in [3.8, 4) is 11.5 Å². The van der Waals surface area contributed by atoms with Crippen molar-refractivity contribution in [1.29, 1.82) is 0 Å². The molecule has 35 heavy (non-hydrogen) atoms. The van der Waals surface area contributed by atoms with Crippen LogP contribution in [0.4, 0.5) is 10.1 Å². The molecule has 0 bridgehead atoms. The highest BCUT2D eigenvalue weighted by Gasteiger charge is 2.54. The second-order valence-electron chi connectivity index (χ2n) is 10.3. The minimum absolute atomic E-state index is 0.00106. The van der Waals surface area contributed by atoms with Gasteiger partial charge in [-0.3, -0.25) is 0 Å². The molecule has 2 aromatic rings. The third-order valence-electron chi connectivity index (χ3n) is 8.26. The number of hydrogen-bond donors (Lipinski definition) is 2. The molecule has 5 rings (SSSR count). The van der Waals surface area contributed by atoms with Crippen LogP contribution in [0.3, 0.4) is 0 Å². The van der Waals surface area contributed by atoms with Gasteiger partial charge in [-0.05, 0) is 97.2 Å². The van der Waals surface area contributed by atoms with Crippen molar-refractivity contribution in [2.45, 2.75) is 56.4 Å². The fourth-order valence-electron chi connectivity index (χ4n) is 6.39. The summed E-state index contributed by atoms with van der Waals surface area (Å²) in [7, 11) is 1.39. The highest BCUT2D eigenvalue weighted by Crippen LogP contribution is 2.58. The Bertz CT molecular complexity index is 1130. The first-order valence-electron chi connectivity index (χ1n) is 12.2. The zero-order chi connectivity index (χ0) is 24.8. The summed E-state index contributed by atoms with van der Waals surface area (Å²) >= 11 is 6.00. The first-order valence-corrected chi connectivity index (χ1v) is 12.5. The number of nitrogens with one attached hydrogen (secondary N) is 1. The quantitative estimate of drug-likeness (QED) is 0.525. The molecule has 0 radical (unpaired) electrons. The van der Waals surface area contributed by atoms with Crippen LogP contribution in [0, 0.1) is 17.7 Å². The van der Waals surface area contributed by atoms with Gasteiger partial charge in [0.15, 0.2) is 11.5 Å². The summed E-state index contributed by atoms with van der Waals surface area (Å²) in [6, 6.07) is 8.61. The monoisotopic (exact) mass is 503 g/mol. The molecule has 3 aliphatic rings. The summed E-state index contributed by atoms with van der Waals surface area (Å²) in [6.07, 6.45) is 4.42. The van der Waals surface area contributed by atoms with E-state index in [1.54, 1.807) is 6.07 Å². The first kappa shape index (κ1) is 24.2. The second kappa shape index (κ2) is 9.17. The lowest BCUT2D eigenvalue weighted by atomic mass is 9.59. The Balaban J connectivity index is 1.48.